The first-order valence-electron chi connectivity index (χ1n) is 11.4. The standard InChI is InChI=1S/C29H22ClNO5S/c1-35-20-12-13-24(30)23(16-20)27(32)25-26(31(29(34)28(25)33)17-22-11-6-14-37-22)18-7-5-10-21(15-18)36-19-8-3-2-4-9-19/h2-16,26,32H,17H2,1H3/b27-25+. The van der Waals surface area contributed by atoms with Crippen LogP contribution < -0.4 is 9.47 Å². The predicted octanol–water partition coefficient (Wildman–Crippen LogP) is 6.82. The Morgan fingerprint density at radius 1 is 0.946 bits per heavy atom. The van der Waals surface area contributed by atoms with E-state index in [0.29, 0.717) is 22.8 Å². The number of thiophene rings is 1. The van der Waals surface area contributed by atoms with E-state index in [4.69, 9.17) is 21.1 Å². The molecule has 3 aromatic carbocycles. The van der Waals surface area contributed by atoms with Crippen LogP contribution >= 0.6 is 22.9 Å². The van der Waals surface area contributed by atoms with Crippen LogP contribution in [0.1, 0.15) is 22.0 Å². The molecule has 1 atom stereocenters. The number of carbonyl (C=O) groups excluding carboxylic acids is 2. The average molecular weight is 532 g/mol. The van der Waals surface area contributed by atoms with Crippen molar-refractivity contribution in [1.82, 2.24) is 4.90 Å². The number of hydrogen-bond donors (Lipinski definition) is 1. The van der Waals surface area contributed by atoms with E-state index in [2.05, 4.69) is 0 Å². The number of likely N-dealkylation sites (tertiary alicyclic amines) is 1. The smallest absolute Gasteiger partial charge is 0.295 e. The van der Waals surface area contributed by atoms with E-state index in [9.17, 15) is 14.7 Å². The fourth-order valence-corrected chi connectivity index (χ4v) is 5.20. The summed E-state index contributed by atoms with van der Waals surface area (Å²) in [6.45, 7) is 0.208. The highest BCUT2D eigenvalue weighted by Gasteiger charge is 2.46. The lowest BCUT2D eigenvalue weighted by atomic mass is 9.95. The highest BCUT2D eigenvalue weighted by atomic mass is 35.5. The fraction of sp³-hybridized carbons (Fsp3) is 0.103. The molecule has 0 saturated carbocycles. The zero-order valence-electron chi connectivity index (χ0n) is 19.8. The molecule has 1 aliphatic rings. The van der Waals surface area contributed by atoms with Gasteiger partial charge in [0.15, 0.2) is 0 Å². The van der Waals surface area contributed by atoms with Gasteiger partial charge in [0, 0.05) is 10.4 Å². The number of aliphatic hydroxyl groups excluding tert-OH is 1. The van der Waals surface area contributed by atoms with Gasteiger partial charge in [-0.2, -0.15) is 0 Å². The molecule has 8 heteroatoms. The number of benzene rings is 3. The van der Waals surface area contributed by atoms with Gasteiger partial charge in [0.1, 0.15) is 23.0 Å². The van der Waals surface area contributed by atoms with Gasteiger partial charge in [-0.15, -0.1) is 11.3 Å². The zero-order valence-corrected chi connectivity index (χ0v) is 21.3. The van der Waals surface area contributed by atoms with Crippen molar-refractivity contribution < 1.29 is 24.2 Å². The summed E-state index contributed by atoms with van der Waals surface area (Å²) in [5, 5.41) is 13.5. The molecular formula is C29H22ClNO5S. The van der Waals surface area contributed by atoms with Crippen molar-refractivity contribution in [3.63, 3.8) is 0 Å². The average Bonchev–Trinajstić information content (AvgIpc) is 3.52. The Hall–Kier alpha value is -4.07. The number of hydrogen-bond acceptors (Lipinski definition) is 6. The van der Waals surface area contributed by atoms with Crippen LogP contribution in [-0.2, 0) is 16.1 Å². The van der Waals surface area contributed by atoms with Crippen LogP contribution in [-0.4, -0.2) is 28.8 Å². The zero-order chi connectivity index (χ0) is 25.9. The molecule has 1 fully saturated rings. The lowest BCUT2D eigenvalue weighted by Crippen LogP contribution is -2.28. The van der Waals surface area contributed by atoms with Gasteiger partial charge in [0.25, 0.3) is 11.7 Å². The first-order valence-corrected chi connectivity index (χ1v) is 12.7. The Morgan fingerprint density at radius 2 is 1.73 bits per heavy atom. The Bertz CT molecular complexity index is 1480. The monoisotopic (exact) mass is 531 g/mol. The van der Waals surface area contributed by atoms with Crippen LogP contribution in [0, 0.1) is 0 Å². The summed E-state index contributed by atoms with van der Waals surface area (Å²) in [5.41, 5.74) is 0.773. The van der Waals surface area contributed by atoms with E-state index in [1.807, 2.05) is 47.8 Å². The van der Waals surface area contributed by atoms with Gasteiger partial charge in [-0.25, -0.2) is 0 Å². The van der Waals surface area contributed by atoms with Crippen LogP contribution in [0.4, 0.5) is 0 Å². The van der Waals surface area contributed by atoms with Gasteiger partial charge in [-0.1, -0.05) is 48.0 Å². The first-order chi connectivity index (χ1) is 18.0. The van der Waals surface area contributed by atoms with Crippen molar-refractivity contribution >= 4 is 40.4 Å². The fourth-order valence-electron chi connectivity index (χ4n) is 4.29. The lowest BCUT2D eigenvalue weighted by Gasteiger charge is -2.25. The van der Waals surface area contributed by atoms with E-state index in [-0.39, 0.29) is 28.5 Å². The molecule has 2 heterocycles. The molecule has 1 saturated heterocycles. The van der Waals surface area contributed by atoms with Crippen LogP contribution in [0.25, 0.3) is 5.76 Å². The molecular weight excluding hydrogens is 510 g/mol. The molecule has 0 aliphatic carbocycles. The topological polar surface area (TPSA) is 76.1 Å². The number of ketones is 1. The number of ether oxygens (including phenoxy) is 2. The van der Waals surface area contributed by atoms with Crippen molar-refractivity contribution in [2.24, 2.45) is 0 Å². The number of halogens is 1. The lowest BCUT2D eigenvalue weighted by molar-refractivity contribution is -0.140. The highest BCUT2D eigenvalue weighted by molar-refractivity contribution is 7.09. The number of aliphatic hydroxyl groups is 1. The molecule has 0 spiro atoms. The Kier molecular flexibility index (Phi) is 6.99. The molecule has 37 heavy (non-hydrogen) atoms. The number of para-hydroxylation sites is 1. The molecule has 6 nitrogen and oxygen atoms in total. The van der Waals surface area contributed by atoms with Gasteiger partial charge in [-0.3, -0.25) is 9.59 Å². The minimum Gasteiger partial charge on any atom is -0.507 e. The van der Waals surface area contributed by atoms with Crippen molar-refractivity contribution in [1.29, 1.82) is 0 Å². The molecule has 186 valence electrons. The van der Waals surface area contributed by atoms with E-state index in [1.165, 1.54) is 29.4 Å². The normalized spacial score (nSPS) is 16.7. The van der Waals surface area contributed by atoms with Crippen LogP contribution in [0.2, 0.25) is 5.02 Å². The van der Waals surface area contributed by atoms with Crippen molar-refractivity contribution in [3.8, 4) is 17.2 Å². The van der Waals surface area contributed by atoms with E-state index in [1.54, 1.807) is 36.4 Å². The second-order valence-corrected chi connectivity index (χ2v) is 9.78. The number of nitrogens with zero attached hydrogens (tertiary/aromatic N) is 1. The summed E-state index contributed by atoms with van der Waals surface area (Å²) in [5.74, 6) is -0.218. The molecule has 1 aromatic heterocycles. The Labute approximate surface area is 223 Å². The molecule has 1 N–H and O–H groups in total. The van der Waals surface area contributed by atoms with E-state index >= 15 is 0 Å². The van der Waals surface area contributed by atoms with Crippen LogP contribution in [0.15, 0.2) is 95.9 Å². The largest absolute Gasteiger partial charge is 0.507 e. The maximum absolute atomic E-state index is 13.4. The maximum atomic E-state index is 13.4. The third-order valence-corrected chi connectivity index (χ3v) is 7.22. The summed E-state index contributed by atoms with van der Waals surface area (Å²) in [4.78, 5) is 29.0. The third-order valence-electron chi connectivity index (χ3n) is 6.03. The molecule has 0 radical (unpaired) electrons. The molecule has 1 amide bonds. The van der Waals surface area contributed by atoms with E-state index < -0.39 is 17.7 Å². The van der Waals surface area contributed by atoms with Gasteiger partial charge >= 0.3 is 0 Å². The van der Waals surface area contributed by atoms with E-state index in [0.717, 1.165) is 4.88 Å². The first kappa shape index (κ1) is 24.6. The second-order valence-electron chi connectivity index (χ2n) is 8.34. The summed E-state index contributed by atoms with van der Waals surface area (Å²) in [6, 6.07) is 24.1. The summed E-state index contributed by atoms with van der Waals surface area (Å²) in [7, 11) is 1.49. The number of carbonyl (C=O) groups is 2. The third kappa shape index (κ3) is 4.96. The number of rotatable bonds is 7. The van der Waals surface area contributed by atoms with Gasteiger partial charge in [-0.05, 0) is 59.5 Å². The van der Waals surface area contributed by atoms with Crippen LogP contribution in [0.5, 0.6) is 17.2 Å². The number of methoxy groups -OCH3 is 1. The SMILES string of the molecule is COc1ccc(Cl)c(/C(O)=C2\C(=O)C(=O)N(Cc3cccs3)C2c2cccc(Oc3ccccc3)c2)c1. The Balaban J connectivity index is 1.64. The maximum Gasteiger partial charge on any atom is 0.295 e. The van der Waals surface area contributed by atoms with Gasteiger partial charge < -0.3 is 19.5 Å². The van der Waals surface area contributed by atoms with Crippen molar-refractivity contribution in [3.05, 3.63) is 117 Å². The summed E-state index contributed by atoms with van der Waals surface area (Å²) in [6.07, 6.45) is 0. The number of amides is 1. The van der Waals surface area contributed by atoms with Gasteiger partial charge in [0.2, 0.25) is 0 Å². The number of Topliss-reactive ketones (excluding diaryl/α,β-unsaturated/α-hetero) is 1. The van der Waals surface area contributed by atoms with Crippen molar-refractivity contribution in [2.45, 2.75) is 12.6 Å². The minimum absolute atomic E-state index is 0.0476. The molecule has 1 unspecified atom stereocenters. The van der Waals surface area contributed by atoms with Crippen molar-refractivity contribution in [2.75, 3.05) is 7.11 Å². The Morgan fingerprint density at radius 3 is 2.46 bits per heavy atom. The second kappa shape index (κ2) is 10.5. The molecule has 1 aliphatic heterocycles. The molecule has 4 aromatic rings. The summed E-state index contributed by atoms with van der Waals surface area (Å²) < 4.78 is 11.3. The molecule has 5 rings (SSSR count). The summed E-state index contributed by atoms with van der Waals surface area (Å²) >= 11 is 7.88. The quantitative estimate of drug-likeness (QED) is 0.161. The molecule has 0 bridgehead atoms. The highest BCUT2D eigenvalue weighted by Crippen LogP contribution is 2.43. The van der Waals surface area contributed by atoms with Gasteiger partial charge in [0.05, 0.1) is 30.3 Å². The predicted molar refractivity (Wildman–Crippen MR) is 143 cm³/mol. The van der Waals surface area contributed by atoms with Crippen LogP contribution in [0.3, 0.4) is 0 Å². The minimum atomic E-state index is -0.858.